The van der Waals surface area contributed by atoms with E-state index < -0.39 is 0 Å². The van der Waals surface area contributed by atoms with Crippen molar-refractivity contribution >= 4 is 39.1 Å². The van der Waals surface area contributed by atoms with E-state index in [1.165, 1.54) is 4.70 Å². The lowest BCUT2D eigenvalue weighted by Crippen LogP contribution is -2.39. The van der Waals surface area contributed by atoms with Gasteiger partial charge < -0.3 is 9.80 Å². The summed E-state index contributed by atoms with van der Waals surface area (Å²) in [6, 6.07) is 19.6. The Morgan fingerprint density at radius 3 is 2.50 bits per heavy atom. The van der Waals surface area contributed by atoms with Crippen LogP contribution in [0.25, 0.3) is 10.2 Å². The molecule has 0 radical (unpaired) electrons. The Morgan fingerprint density at radius 2 is 1.78 bits per heavy atom. The molecule has 1 fully saturated rings. The second-order valence-corrected chi connectivity index (χ2v) is 9.03. The zero-order valence-corrected chi connectivity index (χ0v) is 18.8. The lowest BCUT2D eigenvalue weighted by Gasteiger charge is -2.31. The van der Waals surface area contributed by atoms with Gasteiger partial charge >= 0.3 is 0 Å². The standard InChI is InChI=1S/C25H26N4O2S/c26-15-6-16-29(20-7-2-1-3-8-20)24(31)12-11-23(30)28-17-13-19(14-18-28)25-27-21-9-4-5-10-22(21)32-25/h1-5,7-10,19H,6,11-14,16-18H2. The summed E-state index contributed by atoms with van der Waals surface area (Å²) in [6.07, 6.45) is 2.40. The average Bonchev–Trinajstić information content (AvgIpc) is 3.28. The molecule has 0 spiro atoms. The van der Waals surface area contributed by atoms with Crippen LogP contribution in [0.2, 0.25) is 0 Å². The first-order valence-corrected chi connectivity index (χ1v) is 11.8. The second-order valence-electron chi connectivity index (χ2n) is 7.96. The fourth-order valence-electron chi connectivity index (χ4n) is 4.11. The second kappa shape index (κ2) is 10.4. The number of anilines is 1. The first-order chi connectivity index (χ1) is 15.7. The number of piperidine rings is 1. The summed E-state index contributed by atoms with van der Waals surface area (Å²) in [6.45, 7) is 1.73. The van der Waals surface area contributed by atoms with Crippen molar-refractivity contribution in [1.82, 2.24) is 9.88 Å². The molecular formula is C25H26N4O2S. The molecule has 0 unspecified atom stereocenters. The molecule has 0 bridgehead atoms. The maximum atomic E-state index is 12.8. The Labute approximate surface area is 192 Å². The molecule has 2 amide bonds. The zero-order valence-electron chi connectivity index (χ0n) is 17.9. The van der Waals surface area contributed by atoms with E-state index in [2.05, 4.69) is 12.1 Å². The van der Waals surface area contributed by atoms with Crippen LogP contribution in [0.1, 0.15) is 43.0 Å². The number of aromatic nitrogens is 1. The zero-order chi connectivity index (χ0) is 22.3. The van der Waals surface area contributed by atoms with E-state index in [1.54, 1.807) is 16.2 Å². The summed E-state index contributed by atoms with van der Waals surface area (Å²) >= 11 is 1.75. The Balaban J connectivity index is 1.29. The maximum Gasteiger partial charge on any atom is 0.227 e. The third-order valence-electron chi connectivity index (χ3n) is 5.88. The highest BCUT2D eigenvalue weighted by molar-refractivity contribution is 7.18. The first kappa shape index (κ1) is 22.0. The molecule has 2 heterocycles. The predicted octanol–water partition coefficient (Wildman–Crippen LogP) is 4.73. The van der Waals surface area contributed by atoms with Gasteiger partial charge in [0.05, 0.1) is 27.7 Å². The number of carbonyl (C=O) groups excluding carboxylic acids is 2. The van der Waals surface area contributed by atoms with E-state index in [9.17, 15) is 9.59 Å². The SMILES string of the molecule is N#CCCN(C(=O)CCC(=O)N1CCC(c2nc3ccccc3s2)CC1)c1ccccc1. The van der Waals surface area contributed by atoms with Crippen LogP contribution in [0.3, 0.4) is 0 Å². The van der Waals surface area contributed by atoms with Crippen LogP contribution in [0, 0.1) is 11.3 Å². The third kappa shape index (κ3) is 5.14. The lowest BCUT2D eigenvalue weighted by molar-refractivity contribution is -0.134. The lowest BCUT2D eigenvalue weighted by atomic mass is 9.97. The average molecular weight is 447 g/mol. The maximum absolute atomic E-state index is 12.8. The molecule has 0 N–H and O–H groups in total. The van der Waals surface area contributed by atoms with Crippen molar-refractivity contribution < 1.29 is 9.59 Å². The van der Waals surface area contributed by atoms with Gasteiger partial charge in [0.25, 0.3) is 0 Å². The third-order valence-corrected chi connectivity index (χ3v) is 7.08. The number of amides is 2. The van der Waals surface area contributed by atoms with Gasteiger partial charge in [-0.3, -0.25) is 9.59 Å². The van der Waals surface area contributed by atoms with Gasteiger partial charge in [-0.25, -0.2) is 4.98 Å². The fraction of sp³-hybridized carbons (Fsp3) is 0.360. The Kier molecular flexibility index (Phi) is 7.13. The van der Waals surface area contributed by atoms with Crippen LogP contribution >= 0.6 is 11.3 Å². The molecule has 1 saturated heterocycles. The number of nitrogens with zero attached hydrogens (tertiary/aromatic N) is 4. The minimum absolute atomic E-state index is 0.0226. The predicted molar refractivity (Wildman–Crippen MR) is 126 cm³/mol. The first-order valence-electron chi connectivity index (χ1n) is 11.0. The van der Waals surface area contributed by atoms with E-state index in [0.29, 0.717) is 25.6 Å². The molecule has 6 nitrogen and oxygen atoms in total. The van der Waals surface area contributed by atoms with Gasteiger partial charge in [-0.05, 0) is 37.1 Å². The Bertz CT molecular complexity index is 1080. The van der Waals surface area contributed by atoms with Gasteiger partial charge in [0.1, 0.15) is 0 Å². The molecule has 0 atom stereocenters. The summed E-state index contributed by atoms with van der Waals surface area (Å²) < 4.78 is 1.21. The fourth-order valence-corrected chi connectivity index (χ4v) is 5.25. The van der Waals surface area contributed by atoms with Gasteiger partial charge in [-0.2, -0.15) is 5.26 Å². The van der Waals surface area contributed by atoms with Crippen LogP contribution < -0.4 is 4.90 Å². The number of likely N-dealkylation sites (tertiary alicyclic amines) is 1. The molecule has 3 aromatic rings. The highest BCUT2D eigenvalue weighted by Crippen LogP contribution is 2.34. The molecule has 2 aromatic carbocycles. The smallest absolute Gasteiger partial charge is 0.227 e. The van der Waals surface area contributed by atoms with Crippen LogP contribution in [0.5, 0.6) is 0 Å². The monoisotopic (exact) mass is 446 g/mol. The van der Waals surface area contributed by atoms with Crippen molar-refractivity contribution in [3.63, 3.8) is 0 Å². The number of carbonyl (C=O) groups is 2. The number of hydrogen-bond acceptors (Lipinski definition) is 5. The van der Waals surface area contributed by atoms with Crippen molar-refractivity contribution in [1.29, 1.82) is 5.26 Å². The molecule has 0 saturated carbocycles. The van der Waals surface area contributed by atoms with E-state index in [1.807, 2.05) is 53.4 Å². The van der Waals surface area contributed by atoms with Crippen molar-refractivity contribution in [3.8, 4) is 6.07 Å². The topological polar surface area (TPSA) is 77.3 Å². The highest BCUT2D eigenvalue weighted by atomic mass is 32.1. The molecule has 164 valence electrons. The van der Waals surface area contributed by atoms with Gasteiger partial charge in [0.2, 0.25) is 11.8 Å². The number of fused-ring (bicyclic) bond motifs is 1. The van der Waals surface area contributed by atoms with E-state index in [4.69, 9.17) is 10.2 Å². The van der Waals surface area contributed by atoms with Gasteiger partial charge in [0.15, 0.2) is 0 Å². The van der Waals surface area contributed by atoms with Crippen molar-refractivity contribution in [3.05, 3.63) is 59.6 Å². The van der Waals surface area contributed by atoms with Crippen LogP contribution in [-0.4, -0.2) is 41.3 Å². The van der Waals surface area contributed by atoms with Crippen molar-refractivity contribution in [2.75, 3.05) is 24.5 Å². The number of nitriles is 1. The normalized spacial score (nSPS) is 14.3. The summed E-state index contributed by atoms with van der Waals surface area (Å²) in [4.78, 5) is 33.8. The number of thiazole rings is 1. The van der Waals surface area contributed by atoms with Crippen molar-refractivity contribution in [2.45, 2.75) is 38.0 Å². The molecule has 7 heteroatoms. The van der Waals surface area contributed by atoms with Crippen LogP contribution in [-0.2, 0) is 9.59 Å². The minimum atomic E-state index is -0.121. The molecule has 1 aliphatic heterocycles. The summed E-state index contributed by atoms with van der Waals surface area (Å²) in [5.41, 5.74) is 1.81. The number of hydrogen-bond donors (Lipinski definition) is 0. The summed E-state index contributed by atoms with van der Waals surface area (Å²) in [7, 11) is 0. The van der Waals surface area contributed by atoms with Crippen LogP contribution in [0.4, 0.5) is 5.69 Å². The number of rotatable bonds is 7. The van der Waals surface area contributed by atoms with Crippen molar-refractivity contribution in [2.24, 2.45) is 0 Å². The molecule has 0 aliphatic carbocycles. The quantitative estimate of drug-likeness (QED) is 0.526. The Hall–Kier alpha value is -3.24. The molecular weight excluding hydrogens is 420 g/mol. The highest BCUT2D eigenvalue weighted by Gasteiger charge is 2.26. The summed E-state index contributed by atoms with van der Waals surface area (Å²) in [5.74, 6) is 0.288. The van der Waals surface area contributed by atoms with E-state index in [-0.39, 0.29) is 31.1 Å². The van der Waals surface area contributed by atoms with Gasteiger partial charge in [0, 0.05) is 44.1 Å². The minimum Gasteiger partial charge on any atom is -0.343 e. The molecule has 1 aromatic heterocycles. The van der Waals surface area contributed by atoms with E-state index in [0.717, 1.165) is 29.1 Å². The van der Waals surface area contributed by atoms with Gasteiger partial charge in [-0.15, -0.1) is 11.3 Å². The molecule has 1 aliphatic rings. The van der Waals surface area contributed by atoms with E-state index >= 15 is 0 Å². The summed E-state index contributed by atoms with van der Waals surface area (Å²) in [5, 5.41) is 10.1. The molecule has 4 rings (SSSR count). The number of benzene rings is 2. The Morgan fingerprint density at radius 1 is 1.06 bits per heavy atom. The molecule has 32 heavy (non-hydrogen) atoms. The number of para-hydroxylation sites is 2. The van der Waals surface area contributed by atoms with Crippen LogP contribution in [0.15, 0.2) is 54.6 Å². The van der Waals surface area contributed by atoms with Gasteiger partial charge in [-0.1, -0.05) is 30.3 Å². The largest absolute Gasteiger partial charge is 0.343 e.